The zero-order valence-electron chi connectivity index (χ0n) is 19.0. The molecule has 0 amide bonds. The molecule has 34 heavy (non-hydrogen) atoms. The average Bonchev–Trinajstić information content (AvgIpc) is 2.87. The van der Waals surface area contributed by atoms with Crippen molar-refractivity contribution in [1.82, 2.24) is 0 Å². The lowest BCUT2D eigenvalue weighted by Gasteiger charge is -2.19. The van der Waals surface area contributed by atoms with Crippen LogP contribution in [0.5, 0.6) is 23.0 Å². The molecule has 4 rings (SSSR count). The number of ether oxygens (including phenoxy) is 4. The standard InChI is InChI=1S/C28H26O6/c1-31-17-33-27-23(13-21(15-25(27)29)19-9-5-3-6-10-19)24-14-22(20-11-7-4-8-12-20)16-26(30)28(24)34-18-32-2/h3-16,29-30H,17-18H2,1-2H3. The molecule has 0 aromatic heterocycles. The van der Waals surface area contributed by atoms with E-state index in [1.807, 2.05) is 72.8 Å². The Kier molecular flexibility index (Phi) is 7.32. The van der Waals surface area contributed by atoms with Crippen molar-refractivity contribution in [3.05, 3.63) is 84.9 Å². The van der Waals surface area contributed by atoms with Crippen molar-refractivity contribution in [2.24, 2.45) is 0 Å². The highest BCUT2D eigenvalue weighted by atomic mass is 16.7. The van der Waals surface area contributed by atoms with Gasteiger partial charge in [0.15, 0.2) is 36.6 Å². The van der Waals surface area contributed by atoms with Crippen molar-refractivity contribution in [3.8, 4) is 56.4 Å². The van der Waals surface area contributed by atoms with Crippen LogP contribution in [0.2, 0.25) is 0 Å². The number of benzene rings is 4. The summed E-state index contributed by atoms with van der Waals surface area (Å²) in [5.41, 5.74) is 4.46. The van der Waals surface area contributed by atoms with E-state index < -0.39 is 0 Å². The van der Waals surface area contributed by atoms with Crippen LogP contribution in [-0.4, -0.2) is 38.0 Å². The molecule has 0 atom stereocenters. The lowest BCUT2D eigenvalue weighted by molar-refractivity contribution is 0.0481. The van der Waals surface area contributed by atoms with Gasteiger partial charge in [0.05, 0.1) is 0 Å². The van der Waals surface area contributed by atoms with Gasteiger partial charge in [0, 0.05) is 25.3 Å². The topological polar surface area (TPSA) is 77.4 Å². The van der Waals surface area contributed by atoms with E-state index in [0.29, 0.717) is 11.1 Å². The number of hydrogen-bond acceptors (Lipinski definition) is 6. The zero-order chi connectivity index (χ0) is 23.9. The highest BCUT2D eigenvalue weighted by Crippen LogP contribution is 2.48. The number of phenolic OH excluding ortho intramolecular Hbond substituents is 2. The summed E-state index contributed by atoms with van der Waals surface area (Å²) in [6.45, 7) is -0.131. The minimum Gasteiger partial charge on any atom is -0.504 e. The molecule has 0 aliphatic heterocycles. The molecule has 0 heterocycles. The third kappa shape index (κ3) is 4.98. The van der Waals surface area contributed by atoms with Gasteiger partial charge in [0.25, 0.3) is 0 Å². The van der Waals surface area contributed by atoms with Gasteiger partial charge in [-0.15, -0.1) is 0 Å². The molecule has 0 fully saturated rings. The molecule has 0 aliphatic rings. The Hall–Kier alpha value is -4.00. The summed E-state index contributed by atoms with van der Waals surface area (Å²) in [6, 6.07) is 26.4. The first-order valence-electron chi connectivity index (χ1n) is 10.7. The van der Waals surface area contributed by atoms with E-state index in [-0.39, 0.29) is 36.6 Å². The number of hydrogen-bond donors (Lipinski definition) is 2. The van der Waals surface area contributed by atoms with E-state index in [9.17, 15) is 10.2 Å². The molecule has 174 valence electrons. The van der Waals surface area contributed by atoms with Gasteiger partial charge < -0.3 is 29.2 Å². The maximum absolute atomic E-state index is 10.9. The van der Waals surface area contributed by atoms with Crippen LogP contribution in [0.3, 0.4) is 0 Å². The molecule has 2 N–H and O–H groups in total. The van der Waals surface area contributed by atoms with Crippen LogP contribution in [0.15, 0.2) is 84.9 Å². The van der Waals surface area contributed by atoms with Gasteiger partial charge in [0.2, 0.25) is 0 Å². The zero-order valence-corrected chi connectivity index (χ0v) is 19.0. The predicted octanol–water partition coefficient (Wildman–Crippen LogP) is 6.06. The van der Waals surface area contributed by atoms with Crippen molar-refractivity contribution in [1.29, 1.82) is 0 Å². The maximum Gasteiger partial charge on any atom is 0.188 e. The van der Waals surface area contributed by atoms with E-state index in [4.69, 9.17) is 18.9 Å². The summed E-state index contributed by atoms with van der Waals surface area (Å²) in [4.78, 5) is 0. The van der Waals surface area contributed by atoms with E-state index >= 15 is 0 Å². The maximum atomic E-state index is 10.9. The highest BCUT2D eigenvalue weighted by Gasteiger charge is 2.22. The number of phenols is 2. The monoisotopic (exact) mass is 458 g/mol. The minimum atomic E-state index is -0.0656. The Morgan fingerprint density at radius 3 is 1.26 bits per heavy atom. The van der Waals surface area contributed by atoms with Gasteiger partial charge >= 0.3 is 0 Å². The van der Waals surface area contributed by atoms with E-state index in [1.165, 1.54) is 14.2 Å². The van der Waals surface area contributed by atoms with Crippen molar-refractivity contribution in [2.45, 2.75) is 0 Å². The van der Waals surface area contributed by atoms with E-state index in [2.05, 4.69) is 0 Å². The van der Waals surface area contributed by atoms with Crippen LogP contribution in [0.1, 0.15) is 0 Å². The Bertz CT molecular complexity index is 1140. The van der Waals surface area contributed by atoms with Gasteiger partial charge in [-0.05, 0) is 46.5 Å². The molecule has 0 bridgehead atoms. The second kappa shape index (κ2) is 10.7. The molecular weight excluding hydrogens is 432 g/mol. The van der Waals surface area contributed by atoms with Gasteiger partial charge in [-0.2, -0.15) is 0 Å². The fraction of sp³-hybridized carbons (Fsp3) is 0.143. The summed E-state index contributed by atoms with van der Waals surface area (Å²) in [5, 5.41) is 21.9. The summed E-state index contributed by atoms with van der Waals surface area (Å²) < 4.78 is 21.7. The Balaban J connectivity index is 1.98. The molecular formula is C28H26O6. The Labute approximate surface area is 198 Å². The van der Waals surface area contributed by atoms with Crippen molar-refractivity contribution in [3.63, 3.8) is 0 Å². The summed E-state index contributed by atoms with van der Waals surface area (Å²) in [5.74, 6) is 0.313. The lowest BCUT2D eigenvalue weighted by atomic mass is 9.93. The second-order valence-electron chi connectivity index (χ2n) is 7.58. The van der Waals surface area contributed by atoms with E-state index in [0.717, 1.165) is 22.3 Å². The molecule has 0 radical (unpaired) electrons. The smallest absolute Gasteiger partial charge is 0.188 e. The second-order valence-corrected chi connectivity index (χ2v) is 7.58. The number of rotatable bonds is 9. The molecule has 0 unspecified atom stereocenters. The number of aromatic hydroxyl groups is 2. The SMILES string of the molecule is COCOc1c(O)cc(-c2ccccc2)cc1-c1cc(-c2ccccc2)cc(O)c1OCOC. The Morgan fingerprint density at radius 1 is 0.529 bits per heavy atom. The first-order chi connectivity index (χ1) is 16.6. The summed E-state index contributed by atoms with van der Waals surface area (Å²) in [6.07, 6.45) is 0. The minimum absolute atomic E-state index is 0.0595. The predicted molar refractivity (Wildman–Crippen MR) is 131 cm³/mol. The van der Waals surface area contributed by atoms with Gasteiger partial charge in [0.1, 0.15) is 0 Å². The molecule has 0 saturated heterocycles. The molecule has 6 nitrogen and oxygen atoms in total. The van der Waals surface area contributed by atoms with Crippen molar-refractivity contribution >= 4 is 0 Å². The van der Waals surface area contributed by atoms with Crippen LogP contribution < -0.4 is 9.47 Å². The molecule has 4 aromatic rings. The van der Waals surface area contributed by atoms with Gasteiger partial charge in [-0.25, -0.2) is 0 Å². The quantitative estimate of drug-likeness (QED) is 0.297. The summed E-state index contributed by atoms with van der Waals surface area (Å²) in [7, 11) is 3.01. The van der Waals surface area contributed by atoms with Crippen LogP contribution in [0.25, 0.3) is 33.4 Å². The fourth-order valence-electron chi connectivity index (χ4n) is 3.76. The fourth-order valence-corrected chi connectivity index (χ4v) is 3.76. The Morgan fingerprint density at radius 2 is 0.912 bits per heavy atom. The molecule has 4 aromatic carbocycles. The van der Waals surface area contributed by atoms with Gasteiger partial charge in [-0.1, -0.05) is 60.7 Å². The molecule has 6 heteroatoms. The average molecular weight is 459 g/mol. The summed E-state index contributed by atoms with van der Waals surface area (Å²) >= 11 is 0. The van der Waals surface area contributed by atoms with Crippen LogP contribution in [-0.2, 0) is 9.47 Å². The normalized spacial score (nSPS) is 10.8. The van der Waals surface area contributed by atoms with E-state index in [1.54, 1.807) is 12.1 Å². The van der Waals surface area contributed by atoms with Crippen LogP contribution in [0.4, 0.5) is 0 Å². The number of methoxy groups -OCH3 is 2. The van der Waals surface area contributed by atoms with Gasteiger partial charge in [-0.3, -0.25) is 0 Å². The third-order valence-electron chi connectivity index (χ3n) is 5.29. The largest absolute Gasteiger partial charge is 0.504 e. The first kappa shape index (κ1) is 23.2. The molecule has 0 spiro atoms. The molecule has 0 saturated carbocycles. The first-order valence-corrected chi connectivity index (χ1v) is 10.7. The molecule has 0 aliphatic carbocycles. The van der Waals surface area contributed by atoms with Crippen LogP contribution >= 0.6 is 0 Å². The van der Waals surface area contributed by atoms with Crippen molar-refractivity contribution < 1.29 is 29.2 Å². The lowest BCUT2D eigenvalue weighted by Crippen LogP contribution is -2.04. The highest BCUT2D eigenvalue weighted by molar-refractivity contribution is 5.88. The van der Waals surface area contributed by atoms with Crippen LogP contribution in [0, 0.1) is 0 Å². The third-order valence-corrected chi connectivity index (χ3v) is 5.29. The van der Waals surface area contributed by atoms with Crippen molar-refractivity contribution in [2.75, 3.05) is 27.8 Å².